The minimum atomic E-state index is -0.933. The Balaban J connectivity index is 2.11. The molecule has 112 valence electrons. The number of nitrogens with zero attached hydrogens (tertiary/aromatic N) is 3. The molecule has 0 spiro atoms. The molecule has 0 aliphatic heterocycles. The van der Waals surface area contributed by atoms with Crippen LogP contribution in [0.1, 0.15) is 37.2 Å². The first-order chi connectivity index (χ1) is 9.95. The summed E-state index contributed by atoms with van der Waals surface area (Å²) in [7, 11) is 0. The van der Waals surface area contributed by atoms with E-state index in [1.54, 1.807) is 24.5 Å². The lowest BCUT2D eigenvalue weighted by Crippen LogP contribution is -2.37. The highest BCUT2D eigenvalue weighted by molar-refractivity contribution is 5.93. The van der Waals surface area contributed by atoms with Gasteiger partial charge in [0.05, 0.1) is 6.42 Å². The second-order valence-corrected chi connectivity index (χ2v) is 5.35. The van der Waals surface area contributed by atoms with Gasteiger partial charge in [-0.2, -0.15) is 5.10 Å². The quantitative estimate of drug-likeness (QED) is 0.837. The number of nitrogens with one attached hydrogen (secondary N) is 1. The molecule has 21 heavy (non-hydrogen) atoms. The van der Waals surface area contributed by atoms with Crippen LogP contribution in [0.15, 0.2) is 24.5 Å². The Kier molecular flexibility index (Phi) is 4.52. The fourth-order valence-corrected chi connectivity index (χ4v) is 2.17. The number of carboxylic acid groups (broad SMARTS) is 1. The molecule has 1 atom stereocenters. The van der Waals surface area contributed by atoms with Gasteiger partial charge in [-0.25, -0.2) is 9.50 Å². The van der Waals surface area contributed by atoms with E-state index in [-0.39, 0.29) is 23.9 Å². The highest BCUT2D eigenvalue weighted by atomic mass is 16.4. The number of amides is 1. The van der Waals surface area contributed by atoms with Crippen molar-refractivity contribution in [3.05, 3.63) is 30.2 Å². The van der Waals surface area contributed by atoms with Gasteiger partial charge in [-0.3, -0.25) is 9.59 Å². The van der Waals surface area contributed by atoms with Gasteiger partial charge >= 0.3 is 5.97 Å². The molecule has 7 heteroatoms. The number of hydrogen-bond donors (Lipinski definition) is 2. The highest BCUT2D eigenvalue weighted by Gasteiger charge is 2.20. The number of carboxylic acids is 1. The molecular formula is C14H18N4O3. The second-order valence-electron chi connectivity index (χ2n) is 5.35. The average molecular weight is 290 g/mol. The van der Waals surface area contributed by atoms with E-state index in [1.165, 1.54) is 4.52 Å². The van der Waals surface area contributed by atoms with E-state index in [9.17, 15) is 9.59 Å². The Bertz CT molecular complexity index is 617. The van der Waals surface area contributed by atoms with Crippen molar-refractivity contribution >= 4 is 17.5 Å². The molecule has 0 aromatic carbocycles. The SMILES string of the molecule is CC(C)CC(CC(=O)O)NC(=O)c1cc2ncccn2n1. The molecule has 2 rings (SSSR count). The molecule has 7 nitrogen and oxygen atoms in total. The number of rotatable bonds is 6. The summed E-state index contributed by atoms with van der Waals surface area (Å²) in [5, 5.41) is 15.8. The van der Waals surface area contributed by atoms with E-state index in [1.807, 2.05) is 13.8 Å². The van der Waals surface area contributed by atoms with Crippen LogP contribution in [0.3, 0.4) is 0 Å². The smallest absolute Gasteiger partial charge is 0.305 e. The molecule has 1 amide bonds. The molecule has 2 aromatic rings. The summed E-state index contributed by atoms with van der Waals surface area (Å²) in [5.41, 5.74) is 0.800. The number of aliphatic carboxylic acids is 1. The van der Waals surface area contributed by atoms with Gasteiger partial charge in [0.1, 0.15) is 0 Å². The maximum atomic E-state index is 12.2. The van der Waals surface area contributed by atoms with Crippen molar-refractivity contribution in [2.45, 2.75) is 32.7 Å². The van der Waals surface area contributed by atoms with Gasteiger partial charge in [0.15, 0.2) is 11.3 Å². The normalized spacial score (nSPS) is 12.5. The van der Waals surface area contributed by atoms with Gasteiger partial charge in [-0.1, -0.05) is 13.8 Å². The molecule has 0 aliphatic rings. The van der Waals surface area contributed by atoms with Crippen LogP contribution in [0.5, 0.6) is 0 Å². The van der Waals surface area contributed by atoms with Crippen LogP contribution in [0.4, 0.5) is 0 Å². The monoisotopic (exact) mass is 290 g/mol. The predicted molar refractivity (Wildman–Crippen MR) is 75.9 cm³/mol. The maximum absolute atomic E-state index is 12.2. The number of carbonyl (C=O) groups excluding carboxylic acids is 1. The fourth-order valence-electron chi connectivity index (χ4n) is 2.17. The van der Waals surface area contributed by atoms with Crippen molar-refractivity contribution in [1.29, 1.82) is 0 Å². The van der Waals surface area contributed by atoms with Crippen LogP contribution in [0.25, 0.3) is 5.65 Å². The molecule has 0 saturated carbocycles. The Morgan fingerprint density at radius 3 is 2.81 bits per heavy atom. The van der Waals surface area contributed by atoms with Gasteiger partial charge in [0, 0.05) is 24.5 Å². The zero-order chi connectivity index (χ0) is 15.4. The largest absolute Gasteiger partial charge is 0.481 e. The van der Waals surface area contributed by atoms with E-state index in [0.29, 0.717) is 12.1 Å². The fraction of sp³-hybridized carbons (Fsp3) is 0.429. The van der Waals surface area contributed by atoms with Gasteiger partial charge in [0.25, 0.3) is 5.91 Å². The standard InChI is InChI=1S/C14H18N4O3/c1-9(2)6-10(7-13(19)20)16-14(21)11-8-12-15-4-3-5-18(12)17-11/h3-5,8-10H,6-7H2,1-2H3,(H,16,21)(H,19,20). The van der Waals surface area contributed by atoms with Crippen molar-refractivity contribution in [2.24, 2.45) is 5.92 Å². The van der Waals surface area contributed by atoms with Crippen LogP contribution in [0, 0.1) is 5.92 Å². The topological polar surface area (TPSA) is 96.6 Å². The van der Waals surface area contributed by atoms with Crippen LogP contribution < -0.4 is 5.32 Å². The number of carbonyl (C=O) groups is 2. The third-order valence-corrected chi connectivity index (χ3v) is 2.98. The van der Waals surface area contributed by atoms with Gasteiger partial charge in [-0.05, 0) is 18.4 Å². The van der Waals surface area contributed by atoms with E-state index in [2.05, 4.69) is 15.4 Å². The number of fused-ring (bicyclic) bond motifs is 1. The summed E-state index contributed by atoms with van der Waals surface area (Å²) in [6, 6.07) is 2.88. The molecule has 1 unspecified atom stereocenters. The summed E-state index contributed by atoms with van der Waals surface area (Å²) in [5.74, 6) is -1.03. The number of hydrogen-bond acceptors (Lipinski definition) is 4. The molecule has 0 radical (unpaired) electrons. The third-order valence-electron chi connectivity index (χ3n) is 2.98. The molecular weight excluding hydrogens is 272 g/mol. The van der Waals surface area contributed by atoms with Gasteiger partial charge in [-0.15, -0.1) is 0 Å². The van der Waals surface area contributed by atoms with E-state index in [0.717, 1.165) is 0 Å². The van der Waals surface area contributed by atoms with Crippen molar-refractivity contribution in [2.75, 3.05) is 0 Å². The lowest BCUT2D eigenvalue weighted by molar-refractivity contribution is -0.137. The predicted octanol–water partition coefficient (Wildman–Crippen LogP) is 1.35. The molecule has 2 aromatic heterocycles. The lowest BCUT2D eigenvalue weighted by Gasteiger charge is -2.18. The van der Waals surface area contributed by atoms with Crippen molar-refractivity contribution in [1.82, 2.24) is 19.9 Å². The number of aromatic nitrogens is 3. The van der Waals surface area contributed by atoms with Crippen LogP contribution in [0.2, 0.25) is 0 Å². The second kappa shape index (κ2) is 6.34. The zero-order valence-corrected chi connectivity index (χ0v) is 12.0. The van der Waals surface area contributed by atoms with Gasteiger partial charge < -0.3 is 10.4 Å². The highest BCUT2D eigenvalue weighted by Crippen LogP contribution is 2.10. The third kappa shape index (κ3) is 4.01. The Labute approximate surface area is 122 Å². The first-order valence-corrected chi connectivity index (χ1v) is 6.78. The lowest BCUT2D eigenvalue weighted by atomic mass is 10.0. The zero-order valence-electron chi connectivity index (χ0n) is 12.0. The van der Waals surface area contributed by atoms with Gasteiger partial charge in [0.2, 0.25) is 0 Å². The van der Waals surface area contributed by atoms with Crippen LogP contribution >= 0.6 is 0 Å². The first-order valence-electron chi connectivity index (χ1n) is 6.78. The Hall–Kier alpha value is -2.44. The summed E-state index contributed by atoms with van der Waals surface area (Å²) >= 11 is 0. The van der Waals surface area contributed by atoms with E-state index < -0.39 is 12.0 Å². The summed E-state index contributed by atoms with van der Waals surface area (Å²) in [6.45, 7) is 3.96. The molecule has 0 aliphatic carbocycles. The summed E-state index contributed by atoms with van der Waals surface area (Å²) in [4.78, 5) is 27.1. The first kappa shape index (κ1) is 15.0. The van der Waals surface area contributed by atoms with Crippen LogP contribution in [-0.4, -0.2) is 37.6 Å². The molecule has 0 bridgehead atoms. The minimum absolute atomic E-state index is 0.102. The summed E-state index contributed by atoms with van der Waals surface area (Å²) < 4.78 is 1.50. The van der Waals surface area contributed by atoms with Crippen LogP contribution in [-0.2, 0) is 4.79 Å². The van der Waals surface area contributed by atoms with Crippen molar-refractivity contribution in [3.8, 4) is 0 Å². The van der Waals surface area contributed by atoms with E-state index >= 15 is 0 Å². The average Bonchev–Trinajstić information content (AvgIpc) is 2.80. The maximum Gasteiger partial charge on any atom is 0.305 e. The van der Waals surface area contributed by atoms with Crippen molar-refractivity contribution < 1.29 is 14.7 Å². The molecule has 2 N–H and O–H groups in total. The Morgan fingerprint density at radius 2 is 2.19 bits per heavy atom. The molecule has 0 fully saturated rings. The van der Waals surface area contributed by atoms with E-state index in [4.69, 9.17) is 5.11 Å². The minimum Gasteiger partial charge on any atom is -0.481 e. The summed E-state index contributed by atoms with van der Waals surface area (Å²) in [6.07, 6.45) is 3.81. The van der Waals surface area contributed by atoms with Crippen molar-refractivity contribution in [3.63, 3.8) is 0 Å². The molecule has 0 saturated heterocycles. The molecule has 2 heterocycles. The Morgan fingerprint density at radius 1 is 1.43 bits per heavy atom.